The van der Waals surface area contributed by atoms with Crippen LogP contribution in [0.5, 0.6) is 5.75 Å². The Labute approximate surface area is 181 Å². The van der Waals surface area contributed by atoms with E-state index in [2.05, 4.69) is 9.97 Å². The summed E-state index contributed by atoms with van der Waals surface area (Å²) in [4.78, 5) is 24.0. The van der Waals surface area contributed by atoms with Gasteiger partial charge in [0.25, 0.3) is 5.91 Å². The van der Waals surface area contributed by atoms with Gasteiger partial charge in [0.05, 0.1) is 13.7 Å². The van der Waals surface area contributed by atoms with Gasteiger partial charge in [0.2, 0.25) is 0 Å². The fourth-order valence-corrected chi connectivity index (χ4v) is 3.45. The number of carbonyl (C=O) groups is 1. The molecule has 4 rings (SSSR count). The molecule has 1 amide bonds. The number of fused-ring (bicyclic) bond motifs is 1. The van der Waals surface area contributed by atoms with Crippen LogP contribution in [0.1, 0.15) is 41.5 Å². The second-order valence-corrected chi connectivity index (χ2v) is 7.80. The molecule has 0 N–H and O–H groups in total. The summed E-state index contributed by atoms with van der Waals surface area (Å²) in [6.45, 7) is 4.44. The van der Waals surface area contributed by atoms with Crippen molar-refractivity contribution in [2.75, 3.05) is 7.11 Å². The maximum atomic E-state index is 13.2. The molecule has 0 spiro atoms. The van der Waals surface area contributed by atoms with Crippen LogP contribution in [-0.2, 0) is 20.0 Å². The molecule has 0 radical (unpaired) electrons. The molecule has 4 aromatic rings. The number of ether oxygens (including phenoxy) is 1. The summed E-state index contributed by atoms with van der Waals surface area (Å²) < 4.78 is 13.1. The number of benzene rings is 2. The van der Waals surface area contributed by atoms with Crippen molar-refractivity contribution in [2.24, 2.45) is 7.05 Å². The molecular formula is C24H26N4O3. The summed E-state index contributed by atoms with van der Waals surface area (Å²) in [5.74, 6) is 2.20. The topological polar surface area (TPSA) is 73.4 Å². The highest BCUT2D eigenvalue weighted by molar-refractivity contribution is 5.97. The molecule has 2 aromatic heterocycles. The van der Waals surface area contributed by atoms with Gasteiger partial charge in [0, 0.05) is 37.5 Å². The number of aromatic nitrogens is 3. The number of rotatable bonds is 7. The highest BCUT2D eigenvalue weighted by atomic mass is 16.5. The third-order valence-corrected chi connectivity index (χ3v) is 5.31. The van der Waals surface area contributed by atoms with E-state index in [0.29, 0.717) is 30.0 Å². The smallest absolute Gasteiger partial charge is 0.254 e. The summed E-state index contributed by atoms with van der Waals surface area (Å²) in [7, 11) is 3.57. The minimum Gasteiger partial charge on any atom is -0.497 e. The van der Waals surface area contributed by atoms with Crippen LogP contribution in [0.3, 0.4) is 0 Å². The molecule has 7 nitrogen and oxygen atoms in total. The van der Waals surface area contributed by atoms with Crippen LogP contribution in [-0.4, -0.2) is 38.5 Å². The maximum Gasteiger partial charge on any atom is 0.254 e. The number of aryl methyl sites for hydroxylation is 1. The third kappa shape index (κ3) is 4.45. The first-order valence-corrected chi connectivity index (χ1v) is 10.2. The highest BCUT2D eigenvalue weighted by Gasteiger charge is 2.21. The number of carbonyl (C=O) groups excluding carboxylic acids is 1. The molecule has 0 fully saturated rings. The number of amides is 1. The minimum atomic E-state index is -0.0620. The van der Waals surface area contributed by atoms with Gasteiger partial charge >= 0.3 is 0 Å². The molecule has 0 saturated heterocycles. The molecule has 0 aliphatic rings. The lowest BCUT2D eigenvalue weighted by molar-refractivity contribution is 0.0683. The van der Waals surface area contributed by atoms with Crippen molar-refractivity contribution >= 4 is 17.0 Å². The fraction of sp³-hybridized carbons (Fsp3) is 0.292. The van der Waals surface area contributed by atoms with Crippen LogP contribution in [0.4, 0.5) is 0 Å². The predicted octanol–water partition coefficient (Wildman–Crippen LogP) is 4.21. The highest BCUT2D eigenvalue weighted by Crippen LogP contribution is 2.22. The van der Waals surface area contributed by atoms with Crippen LogP contribution in [0.2, 0.25) is 0 Å². The van der Waals surface area contributed by atoms with E-state index < -0.39 is 0 Å². The van der Waals surface area contributed by atoms with Gasteiger partial charge < -0.3 is 18.6 Å². The average Bonchev–Trinajstić information content (AvgIpc) is 3.36. The lowest BCUT2D eigenvalue weighted by atomic mass is 10.1. The number of oxazole rings is 1. The summed E-state index contributed by atoms with van der Waals surface area (Å²) in [6, 6.07) is 13.2. The molecule has 2 aromatic carbocycles. The first-order valence-electron chi connectivity index (χ1n) is 10.2. The van der Waals surface area contributed by atoms with Gasteiger partial charge in [-0.15, -0.1) is 0 Å². The van der Waals surface area contributed by atoms with Gasteiger partial charge in [-0.1, -0.05) is 12.1 Å². The van der Waals surface area contributed by atoms with Crippen LogP contribution < -0.4 is 4.74 Å². The molecular weight excluding hydrogens is 392 g/mol. The van der Waals surface area contributed by atoms with E-state index in [1.54, 1.807) is 30.3 Å². The summed E-state index contributed by atoms with van der Waals surface area (Å²) in [6.07, 6.45) is 4.19. The molecule has 160 valence electrons. The number of nitrogens with zero attached hydrogens (tertiary/aromatic N) is 4. The van der Waals surface area contributed by atoms with E-state index in [4.69, 9.17) is 9.15 Å². The zero-order valence-corrected chi connectivity index (χ0v) is 18.2. The van der Waals surface area contributed by atoms with E-state index in [1.807, 2.05) is 62.0 Å². The molecule has 0 aliphatic carbocycles. The van der Waals surface area contributed by atoms with Gasteiger partial charge in [0.1, 0.15) is 17.1 Å². The Bertz CT molecular complexity index is 1190. The van der Waals surface area contributed by atoms with Gasteiger partial charge in [0.15, 0.2) is 11.5 Å². The molecule has 0 aliphatic heterocycles. The lowest BCUT2D eigenvalue weighted by Crippen LogP contribution is -2.37. The van der Waals surface area contributed by atoms with Crippen molar-refractivity contribution in [3.8, 4) is 5.75 Å². The van der Waals surface area contributed by atoms with Crippen molar-refractivity contribution in [3.05, 3.63) is 77.7 Å². The second kappa shape index (κ2) is 8.63. The summed E-state index contributed by atoms with van der Waals surface area (Å²) in [5, 5.41) is 0. The molecule has 31 heavy (non-hydrogen) atoms. The Morgan fingerprint density at radius 1 is 1.19 bits per heavy atom. The Morgan fingerprint density at radius 3 is 2.61 bits per heavy atom. The average molecular weight is 418 g/mol. The standard InChI is InChI=1S/C24H26N4O3/c1-16(2)28(15-22-25-11-12-27(22)3)24(29)18-7-10-20-21(14-18)31-23(26-20)13-17-5-8-19(30-4)9-6-17/h5-12,14,16H,13,15H2,1-4H3. The number of hydrogen-bond donors (Lipinski definition) is 0. The van der Waals surface area contributed by atoms with Crippen molar-refractivity contribution in [1.29, 1.82) is 0 Å². The molecule has 0 atom stereocenters. The SMILES string of the molecule is COc1ccc(Cc2nc3ccc(C(=O)N(Cc4nccn4C)C(C)C)cc3o2)cc1. The van der Waals surface area contributed by atoms with Crippen LogP contribution in [0.15, 0.2) is 59.3 Å². The van der Waals surface area contributed by atoms with Gasteiger partial charge in [-0.05, 0) is 49.7 Å². The normalized spacial score (nSPS) is 11.3. The van der Waals surface area contributed by atoms with E-state index in [1.165, 1.54) is 0 Å². The largest absolute Gasteiger partial charge is 0.497 e. The number of hydrogen-bond acceptors (Lipinski definition) is 5. The zero-order valence-electron chi connectivity index (χ0n) is 18.2. The summed E-state index contributed by atoms with van der Waals surface area (Å²) in [5.41, 5.74) is 2.99. The van der Waals surface area contributed by atoms with Crippen molar-refractivity contribution < 1.29 is 13.9 Å². The minimum absolute atomic E-state index is 0.0280. The van der Waals surface area contributed by atoms with E-state index in [-0.39, 0.29) is 11.9 Å². The molecule has 0 saturated carbocycles. The van der Waals surface area contributed by atoms with E-state index in [9.17, 15) is 4.79 Å². The zero-order chi connectivity index (χ0) is 22.0. The van der Waals surface area contributed by atoms with Crippen molar-refractivity contribution in [1.82, 2.24) is 19.4 Å². The molecule has 0 unspecified atom stereocenters. The van der Waals surface area contributed by atoms with Crippen LogP contribution in [0, 0.1) is 0 Å². The lowest BCUT2D eigenvalue weighted by Gasteiger charge is -2.26. The first-order chi connectivity index (χ1) is 14.9. The van der Waals surface area contributed by atoms with Crippen LogP contribution in [0.25, 0.3) is 11.1 Å². The van der Waals surface area contributed by atoms with Crippen LogP contribution >= 0.6 is 0 Å². The fourth-order valence-electron chi connectivity index (χ4n) is 3.45. The monoisotopic (exact) mass is 418 g/mol. The molecule has 7 heteroatoms. The Kier molecular flexibility index (Phi) is 5.75. The van der Waals surface area contributed by atoms with Crippen molar-refractivity contribution in [3.63, 3.8) is 0 Å². The van der Waals surface area contributed by atoms with Gasteiger partial charge in [-0.3, -0.25) is 4.79 Å². The number of imidazole rings is 1. The van der Waals surface area contributed by atoms with E-state index in [0.717, 1.165) is 22.7 Å². The van der Waals surface area contributed by atoms with E-state index >= 15 is 0 Å². The van der Waals surface area contributed by atoms with Gasteiger partial charge in [-0.25, -0.2) is 9.97 Å². The third-order valence-electron chi connectivity index (χ3n) is 5.31. The molecule has 2 heterocycles. The maximum absolute atomic E-state index is 13.2. The van der Waals surface area contributed by atoms with Gasteiger partial charge in [-0.2, -0.15) is 0 Å². The summed E-state index contributed by atoms with van der Waals surface area (Å²) >= 11 is 0. The van der Waals surface area contributed by atoms with Crippen molar-refractivity contribution in [2.45, 2.75) is 32.9 Å². The Balaban J connectivity index is 1.56. The first kappa shape index (κ1) is 20.7. The Morgan fingerprint density at radius 2 is 1.97 bits per heavy atom. The molecule has 0 bridgehead atoms. The number of methoxy groups -OCH3 is 1. The predicted molar refractivity (Wildman–Crippen MR) is 118 cm³/mol. The second-order valence-electron chi connectivity index (χ2n) is 7.80. The Hall–Kier alpha value is -3.61. The quantitative estimate of drug-likeness (QED) is 0.449.